The van der Waals surface area contributed by atoms with Crippen molar-refractivity contribution in [1.29, 1.82) is 0 Å². The fraction of sp³-hybridized carbons (Fsp3) is 0.235. The van der Waals surface area contributed by atoms with Crippen molar-refractivity contribution in [2.45, 2.75) is 19.3 Å². The minimum Gasteiger partial charge on any atom is -0.267 e. The maximum atomic E-state index is 12.1. The first-order valence-electron chi connectivity index (χ1n) is 7.75. The van der Waals surface area contributed by atoms with Crippen molar-refractivity contribution in [1.82, 2.24) is 20.1 Å². The number of halogens is 3. The molecule has 1 heterocycles. The standard InChI is InChI=1S/C17H17F3N4O2S/c1-27-24(11-14-4-2-3-9-21-14)10-12-5-7-13(8-6-12)15(25)22-23-16(26)17(18,19)20/h2-9H,10-11H2,1H3,(H,22,25)(H,23,26). The van der Waals surface area contributed by atoms with Crippen LogP contribution in [-0.2, 0) is 17.9 Å². The number of rotatable bonds is 6. The van der Waals surface area contributed by atoms with E-state index in [1.165, 1.54) is 17.6 Å². The highest BCUT2D eigenvalue weighted by molar-refractivity contribution is 7.96. The molecule has 0 unspecified atom stereocenters. The van der Waals surface area contributed by atoms with Crippen molar-refractivity contribution in [3.05, 3.63) is 65.5 Å². The maximum Gasteiger partial charge on any atom is 0.472 e. The Morgan fingerprint density at radius 3 is 2.33 bits per heavy atom. The van der Waals surface area contributed by atoms with E-state index in [0.717, 1.165) is 11.3 Å². The molecule has 0 fully saturated rings. The first-order valence-corrected chi connectivity index (χ1v) is 8.93. The second kappa shape index (κ2) is 9.38. The van der Waals surface area contributed by atoms with Crippen LogP contribution in [0.25, 0.3) is 0 Å². The van der Waals surface area contributed by atoms with Gasteiger partial charge in [0.1, 0.15) is 0 Å². The van der Waals surface area contributed by atoms with Crippen LogP contribution in [-0.4, -0.2) is 33.5 Å². The lowest BCUT2D eigenvalue weighted by Crippen LogP contribution is -2.47. The summed E-state index contributed by atoms with van der Waals surface area (Å²) in [6, 6.07) is 12.0. The highest BCUT2D eigenvalue weighted by Gasteiger charge is 2.38. The van der Waals surface area contributed by atoms with Gasteiger partial charge in [0.15, 0.2) is 0 Å². The molecule has 0 aliphatic heterocycles. The average molecular weight is 398 g/mol. The van der Waals surface area contributed by atoms with Gasteiger partial charge in [-0.05, 0) is 36.1 Å². The lowest BCUT2D eigenvalue weighted by molar-refractivity contribution is -0.174. The second-order valence-corrected chi connectivity index (χ2v) is 6.29. The summed E-state index contributed by atoms with van der Waals surface area (Å²) in [6.07, 6.45) is -1.40. The predicted molar refractivity (Wildman–Crippen MR) is 95.1 cm³/mol. The van der Waals surface area contributed by atoms with Crippen LogP contribution < -0.4 is 10.9 Å². The maximum absolute atomic E-state index is 12.1. The molecule has 2 aromatic rings. The zero-order valence-corrected chi connectivity index (χ0v) is 15.1. The van der Waals surface area contributed by atoms with Gasteiger partial charge in [0.25, 0.3) is 5.91 Å². The van der Waals surface area contributed by atoms with Gasteiger partial charge in [-0.15, -0.1) is 0 Å². The highest BCUT2D eigenvalue weighted by Crippen LogP contribution is 2.16. The van der Waals surface area contributed by atoms with Crippen molar-refractivity contribution < 1.29 is 22.8 Å². The van der Waals surface area contributed by atoms with Crippen molar-refractivity contribution in [3.8, 4) is 0 Å². The SMILES string of the molecule is CSN(Cc1ccc(C(=O)NNC(=O)C(F)(F)F)cc1)Cc1ccccn1. The summed E-state index contributed by atoms with van der Waals surface area (Å²) in [5.74, 6) is -3.08. The van der Waals surface area contributed by atoms with Crippen LogP contribution in [0.4, 0.5) is 13.2 Å². The molecule has 2 rings (SSSR count). The fourth-order valence-electron chi connectivity index (χ4n) is 2.08. The van der Waals surface area contributed by atoms with Crippen molar-refractivity contribution in [3.63, 3.8) is 0 Å². The molecule has 0 spiro atoms. The number of amides is 2. The van der Waals surface area contributed by atoms with E-state index in [0.29, 0.717) is 13.1 Å². The average Bonchev–Trinajstić information content (AvgIpc) is 2.65. The number of nitrogens with zero attached hydrogens (tertiary/aromatic N) is 2. The quantitative estimate of drug-likeness (QED) is 0.578. The number of aromatic nitrogens is 1. The van der Waals surface area contributed by atoms with E-state index >= 15 is 0 Å². The molecule has 1 aromatic heterocycles. The summed E-state index contributed by atoms with van der Waals surface area (Å²) in [4.78, 5) is 26.8. The molecule has 0 saturated carbocycles. The smallest absolute Gasteiger partial charge is 0.267 e. The van der Waals surface area contributed by atoms with E-state index in [2.05, 4.69) is 9.29 Å². The molecule has 0 bridgehead atoms. The fourth-order valence-corrected chi connectivity index (χ4v) is 2.62. The largest absolute Gasteiger partial charge is 0.472 e. The Bertz CT molecular complexity index is 770. The third-order valence-electron chi connectivity index (χ3n) is 3.44. The topological polar surface area (TPSA) is 74.3 Å². The van der Waals surface area contributed by atoms with E-state index < -0.39 is 18.0 Å². The molecule has 2 amide bonds. The van der Waals surface area contributed by atoms with Crippen LogP contribution in [0.15, 0.2) is 48.7 Å². The zero-order chi connectivity index (χ0) is 19.9. The molecule has 10 heteroatoms. The third-order valence-corrected chi connectivity index (χ3v) is 4.22. The van der Waals surface area contributed by atoms with Gasteiger partial charge in [0.05, 0.1) is 12.2 Å². The number of alkyl halides is 3. The van der Waals surface area contributed by atoms with Crippen molar-refractivity contribution in [2.24, 2.45) is 0 Å². The van der Waals surface area contributed by atoms with Crippen LogP contribution >= 0.6 is 11.9 Å². The molecule has 1 aromatic carbocycles. The van der Waals surface area contributed by atoms with Gasteiger partial charge in [-0.25, -0.2) is 4.31 Å². The van der Waals surface area contributed by atoms with Crippen LogP contribution in [0.1, 0.15) is 21.6 Å². The Morgan fingerprint density at radius 2 is 1.78 bits per heavy atom. The highest BCUT2D eigenvalue weighted by atomic mass is 32.2. The molecule has 0 radical (unpaired) electrons. The number of nitrogens with one attached hydrogen (secondary N) is 2. The molecule has 27 heavy (non-hydrogen) atoms. The zero-order valence-electron chi connectivity index (χ0n) is 14.3. The Kier molecular flexibility index (Phi) is 7.19. The molecule has 6 nitrogen and oxygen atoms in total. The summed E-state index contributed by atoms with van der Waals surface area (Å²) in [5, 5.41) is 0. The van der Waals surface area contributed by atoms with E-state index in [1.54, 1.807) is 35.7 Å². The third kappa shape index (κ3) is 6.57. The van der Waals surface area contributed by atoms with Gasteiger partial charge in [-0.2, -0.15) is 13.2 Å². The predicted octanol–water partition coefficient (Wildman–Crippen LogP) is 2.69. The molecular weight excluding hydrogens is 381 g/mol. The van der Waals surface area contributed by atoms with Gasteiger partial charge < -0.3 is 0 Å². The lowest BCUT2D eigenvalue weighted by Gasteiger charge is -2.19. The normalized spacial score (nSPS) is 11.3. The van der Waals surface area contributed by atoms with E-state index in [1.807, 2.05) is 24.5 Å². The summed E-state index contributed by atoms with van der Waals surface area (Å²) < 4.78 is 38.3. The van der Waals surface area contributed by atoms with Crippen LogP contribution in [0, 0.1) is 0 Å². The van der Waals surface area contributed by atoms with Gasteiger partial charge in [0.2, 0.25) is 0 Å². The van der Waals surface area contributed by atoms with Gasteiger partial charge >= 0.3 is 12.1 Å². The number of hydrogen-bond acceptors (Lipinski definition) is 5. The minimum atomic E-state index is -5.06. The molecule has 144 valence electrons. The number of hydrazine groups is 1. The molecule has 2 N–H and O–H groups in total. The number of benzene rings is 1. The van der Waals surface area contributed by atoms with Gasteiger partial charge in [0, 0.05) is 18.3 Å². The number of pyridine rings is 1. The second-order valence-electron chi connectivity index (χ2n) is 5.40. The van der Waals surface area contributed by atoms with Crippen LogP contribution in [0.2, 0.25) is 0 Å². The number of carbonyl (C=O) groups is 2. The Hall–Kier alpha value is -2.59. The van der Waals surface area contributed by atoms with Crippen molar-refractivity contribution >= 4 is 23.8 Å². The summed E-state index contributed by atoms with van der Waals surface area (Å²) in [7, 11) is 0. The number of hydrogen-bond donors (Lipinski definition) is 2. The Labute approximate surface area is 158 Å². The van der Waals surface area contributed by atoms with E-state index in [4.69, 9.17) is 0 Å². The van der Waals surface area contributed by atoms with Crippen molar-refractivity contribution in [2.75, 3.05) is 6.26 Å². The monoisotopic (exact) mass is 398 g/mol. The van der Waals surface area contributed by atoms with Crippen LogP contribution in [0.3, 0.4) is 0 Å². The summed E-state index contributed by atoms with van der Waals surface area (Å²) in [6.45, 7) is 1.22. The molecule has 0 aliphatic carbocycles. The Balaban J connectivity index is 1.91. The van der Waals surface area contributed by atoms with E-state index in [9.17, 15) is 22.8 Å². The summed E-state index contributed by atoms with van der Waals surface area (Å²) in [5.41, 5.74) is 5.01. The molecular formula is C17H17F3N4O2S. The van der Waals surface area contributed by atoms with Gasteiger partial charge in [-0.3, -0.25) is 25.4 Å². The molecule has 0 aliphatic rings. The molecule has 0 atom stereocenters. The first kappa shape index (κ1) is 20.7. The van der Waals surface area contributed by atoms with E-state index in [-0.39, 0.29) is 5.56 Å². The lowest BCUT2D eigenvalue weighted by atomic mass is 10.1. The van der Waals surface area contributed by atoms with Crippen LogP contribution in [0.5, 0.6) is 0 Å². The summed E-state index contributed by atoms with van der Waals surface area (Å²) >= 11 is 1.54. The minimum absolute atomic E-state index is 0.127. The van der Waals surface area contributed by atoms with Gasteiger partial charge in [-0.1, -0.05) is 30.1 Å². The number of carbonyl (C=O) groups excluding carboxylic acids is 2. The molecule has 0 saturated heterocycles. The first-order chi connectivity index (χ1) is 12.8. The Morgan fingerprint density at radius 1 is 1.07 bits per heavy atom.